The zero-order valence-corrected chi connectivity index (χ0v) is 11.8. The molecule has 5 heteroatoms. The summed E-state index contributed by atoms with van der Waals surface area (Å²) < 4.78 is 5.33. The number of nitrogen functional groups attached to an aromatic ring is 1. The van der Waals surface area contributed by atoms with Gasteiger partial charge in [0.05, 0.1) is 5.69 Å². The Labute approximate surface area is 124 Å². The van der Waals surface area contributed by atoms with Crippen LogP contribution in [0.25, 0.3) is 32.9 Å². The number of anilines is 1. The van der Waals surface area contributed by atoms with Gasteiger partial charge in [0.2, 0.25) is 5.82 Å². The molecule has 0 saturated heterocycles. The van der Waals surface area contributed by atoms with Gasteiger partial charge >= 0.3 is 0 Å². The Morgan fingerprint density at radius 1 is 1.00 bits per heavy atom. The summed E-state index contributed by atoms with van der Waals surface area (Å²) in [5.74, 6) is 1.04. The second-order valence-electron chi connectivity index (χ2n) is 4.69. The van der Waals surface area contributed by atoms with Crippen molar-refractivity contribution >= 4 is 27.8 Å². The minimum absolute atomic E-state index is 0.464. The number of fused-ring (bicyclic) bond motifs is 1. The van der Waals surface area contributed by atoms with Crippen LogP contribution >= 0.6 is 11.3 Å². The number of benzene rings is 2. The zero-order chi connectivity index (χ0) is 14.2. The molecule has 0 fully saturated rings. The van der Waals surface area contributed by atoms with Crippen LogP contribution in [0.2, 0.25) is 0 Å². The van der Waals surface area contributed by atoms with Crippen molar-refractivity contribution in [2.24, 2.45) is 0 Å². The number of rotatable bonds is 2. The summed E-state index contributed by atoms with van der Waals surface area (Å²) in [4.78, 5) is 5.26. The van der Waals surface area contributed by atoms with Gasteiger partial charge in [-0.2, -0.15) is 4.98 Å². The molecule has 0 amide bonds. The van der Waals surface area contributed by atoms with Crippen molar-refractivity contribution < 1.29 is 4.52 Å². The van der Waals surface area contributed by atoms with Crippen LogP contribution in [0.15, 0.2) is 58.4 Å². The Balaban J connectivity index is 1.79. The van der Waals surface area contributed by atoms with Gasteiger partial charge in [-0.05, 0) is 28.3 Å². The largest absolute Gasteiger partial charge is 0.397 e. The number of hydrogen-bond acceptors (Lipinski definition) is 5. The van der Waals surface area contributed by atoms with E-state index in [1.54, 1.807) is 0 Å². The van der Waals surface area contributed by atoms with E-state index in [1.807, 2.05) is 29.6 Å². The molecule has 4 rings (SSSR count). The summed E-state index contributed by atoms with van der Waals surface area (Å²) in [5.41, 5.74) is 7.47. The first-order chi connectivity index (χ1) is 10.3. The van der Waals surface area contributed by atoms with Crippen LogP contribution < -0.4 is 5.73 Å². The maximum Gasteiger partial charge on any atom is 0.270 e. The predicted octanol–water partition coefficient (Wildman–Crippen LogP) is 4.20. The van der Waals surface area contributed by atoms with E-state index in [4.69, 9.17) is 10.3 Å². The molecular formula is C16H11N3OS. The van der Waals surface area contributed by atoms with Gasteiger partial charge in [0, 0.05) is 5.56 Å². The Morgan fingerprint density at radius 2 is 1.86 bits per heavy atom. The summed E-state index contributed by atoms with van der Waals surface area (Å²) in [6.07, 6.45) is 0. The van der Waals surface area contributed by atoms with E-state index in [9.17, 15) is 0 Å². The molecule has 2 aromatic heterocycles. The fourth-order valence-electron chi connectivity index (χ4n) is 2.25. The smallest absolute Gasteiger partial charge is 0.270 e. The Hall–Kier alpha value is -2.66. The highest BCUT2D eigenvalue weighted by Crippen LogP contribution is 2.32. The monoisotopic (exact) mass is 293 g/mol. The highest BCUT2D eigenvalue weighted by Gasteiger charge is 2.14. The van der Waals surface area contributed by atoms with E-state index in [1.165, 1.54) is 16.7 Å². The van der Waals surface area contributed by atoms with Crippen molar-refractivity contribution in [2.75, 3.05) is 5.73 Å². The number of hydrogen-bond donors (Lipinski definition) is 1. The molecule has 0 spiro atoms. The lowest BCUT2D eigenvalue weighted by Gasteiger charge is -1.99. The topological polar surface area (TPSA) is 64.9 Å². The highest BCUT2D eigenvalue weighted by molar-refractivity contribution is 7.14. The average molecular weight is 293 g/mol. The van der Waals surface area contributed by atoms with Gasteiger partial charge in [-0.15, -0.1) is 11.3 Å². The van der Waals surface area contributed by atoms with Crippen LogP contribution in [0.1, 0.15) is 0 Å². The van der Waals surface area contributed by atoms with Crippen LogP contribution in [0, 0.1) is 0 Å². The summed E-state index contributed by atoms with van der Waals surface area (Å²) in [7, 11) is 0. The lowest BCUT2D eigenvalue weighted by Crippen LogP contribution is -1.84. The third kappa shape index (κ3) is 2.08. The van der Waals surface area contributed by atoms with Crippen molar-refractivity contribution in [1.29, 1.82) is 0 Å². The number of aromatic nitrogens is 2. The average Bonchev–Trinajstić information content (AvgIpc) is 3.15. The molecule has 0 atom stereocenters. The molecule has 4 aromatic rings. The highest BCUT2D eigenvalue weighted by atomic mass is 32.1. The summed E-state index contributed by atoms with van der Waals surface area (Å²) in [5, 5.41) is 8.30. The van der Waals surface area contributed by atoms with E-state index < -0.39 is 0 Å². The lowest BCUT2D eigenvalue weighted by molar-refractivity contribution is 0.433. The second-order valence-corrected chi connectivity index (χ2v) is 5.61. The lowest BCUT2D eigenvalue weighted by atomic mass is 10.1. The van der Waals surface area contributed by atoms with E-state index in [2.05, 4.69) is 34.4 Å². The van der Waals surface area contributed by atoms with Gasteiger partial charge in [-0.1, -0.05) is 41.6 Å². The van der Waals surface area contributed by atoms with Gasteiger partial charge in [-0.3, -0.25) is 0 Å². The number of nitrogens with two attached hydrogens (primary N) is 1. The van der Waals surface area contributed by atoms with Crippen molar-refractivity contribution in [1.82, 2.24) is 10.1 Å². The van der Waals surface area contributed by atoms with Crippen molar-refractivity contribution in [3.05, 3.63) is 53.9 Å². The molecule has 2 heterocycles. The van der Waals surface area contributed by atoms with Gasteiger partial charge in [0.15, 0.2) is 0 Å². The van der Waals surface area contributed by atoms with Crippen molar-refractivity contribution in [2.45, 2.75) is 0 Å². The predicted molar refractivity (Wildman–Crippen MR) is 85.0 cm³/mol. The van der Waals surface area contributed by atoms with E-state index in [0.29, 0.717) is 17.4 Å². The molecule has 2 aromatic carbocycles. The Kier molecular flexibility index (Phi) is 2.72. The van der Waals surface area contributed by atoms with Gasteiger partial charge in [0.25, 0.3) is 5.89 Å². The minimum Gasteiger partial charge on any atom is -0.397 e. The van der Waals surface area contributed by atoms with Gasteiger partial charge < -0.3 is 10.3 Å². The number of nitrogens with zero attached hydrogens (tertiary/aromatic N) is 2. The molecule has 0 aliphatic carbocycles. The van der Waals surface area contributed by atoms with Crippen molar-refractivity contribution in [3.63, 3.8) is 0 Å². The fourth-order valence-corrected chi connectivity index (χ4v) is 2.99. The first-order valence-corrected chi connectivity index (χ1v) is 7.35. The maximum atomic E-state index is 5.88. The van der Waals surface area contributed by atoms with Gasteiger partial charge in [0.1, 0.15) is 4.88 Å². The van der Waals surface area contributed by atoms with Crippen LogP contribution in [-0.4, -0.2) is 10.1 Å². The SMILES string of the molecule is Nc1ccsc1-c1nc(-c2ccc3ccccc3c2)no1. The molecule has 0 bridgehead atoms. The van der Waals surface area contributed by atoms with E-state index in [0.717, 1.165) is 15.8 Å². The van der Waals surface area contributed by atoms with Crippen LogP contribution in [0.4, 0.5) is 5.69 Å². The van der Waals surface area contributed by atoms with Crippen LogP contribution in [0.3, 0.4) is 0 Å². The minimum atomic E-state index is 0.464. The Bertz CT molecular complexity index is 926. The summed E-state index contributed by atoms with van der Waals surface area (Å²) in [6, 6.07) is 16.1. The molecule has 2 N–H and O–H groups in total. The number of thiophene rings is 1. The molecular weight excluding hydrogens is 282 g/mol. The molecule has 21 heavy (non-hydrogen) atoms. The quantitative estimate of drug-likeness (QED) is 0.601. The van der Waals surface area contributed by atoms with Crippen molar-refractivity contribution in [3.8, 4) is 22.2 Å². The molecule has 0 radical (unpaired) electrons. The third-order valence-electron chi connectivity index (χ3n) is 3.32. The summed E-state index contributed by atoms with van der Waals surface area (Å²) in [6.45, 7) is 0. The normalized spacial score (nSPS) is 11.0. The molecule has 0 aliphatic rings. The standard InChI is InChI=1S/C16H11N3OS/c17-13-7-8-21-14(13)16-18-15(19-20-16)12-6-5-10-3-1-2-4-11(10)9-12/h1-9H,17H2. The molecule has 0 unspecified atom stereocenters. The zero-order valence-electron chi connectivity index (χ0n) is 11.0. The van der Waals surface area contributed by atoms with E-state index in [-0.39, 0.29) is 0 Å². The van der Waals surface area contributed by atoms with Crippen LogP contribution in [-0.2, 0) is 0 Å². The maximum absolute atomic E-state index is 5.88. The summed E-state index contributed by atoms with van der Waals surface area (Å²) >= 11 is 1.49. The molecule has 102 valence electrons. The Morgan fingerprint density at radius 3 is 2.67 bits per heavy atom. The first-order valence-electron chi connectivity index (χ1n) is 6.47. The molecule has 4 nitrogen and oxygen atoms in total. The van der Waals surface area contributed by atoms with E-state index >= 15 is 0 Å². The van der Waals surface area contributed by atoms with Gasteiger partial charge in [-0.25, -0.2) is 0 Å². The molecule has 0 aliphatic heterocycles. The second kappa shape index (κ2) is 4.71. The fraction of sp³-hybridized carbons (Fsp3) is 0. The third-order valence-corrected chi connectivity index (χ3v) is 4.24. The molecule has 0 saturated carbocycles. The first kappa shape index (κ1) is 12.1. The van der Waals surface area contributed by atoms with Crippen LogP contribution in [0.5, 0.6) is 0 Å².